The molecule has 0 aliphatic heterocycles. The number of pyridine rings is 1. The van der Waals surface area contributed by atoms with Crippen molar-refractivity contribution in [3.63, 3.8) is 0 Å². The van der Waals surface area contributed by atoms with Crippen LogP contribution in [0.2, 0.25) is 0 Å². The second-order valence-corrected chi connectivity index (χ2v) is 9.71. The molecule has 3 aromatic heterocycles. The molecule has 4 aromatic rings. The number of aliphatic carboxylic acids is 1. The predicted octanol–water partition coefficient (Wildman–Crippen LogP) is 3.57. The first-order valence-corrected chi connectivity index (χ1v) is 12.8. The first-order valence-electron chi connectivity index (χ1n) is 12.0. The van der Waals surface area contributed by atoms with Crippen LogP contribution in [0.3, 0.4) is 0 Å². The van der Waals surface area contributed by atoms with Crippen LogP contribution >= 0.6 is 11.3 Å². The van der Waals surface area contributed by atoms with E-state index < -0.39 is 24.1 Å². The number of carboxylic acid groups (broad SMARTS) is 1. The first kappa shape index (κ1) is 27.5. The van der Waals surface area contributed by atoms with Gasteiger partial charge < -0.3 is 20.3 Å². The van der Waals surface area contributed by atoms with Gasteiger partial charge in [0, 0.05) is 36.3 Å². The summed E-state index contributed by atoms with van der Waals surface area (Å²) in [5, 5.41) is 25.3. The second-order valence-electron chi connectivity index (χ2n) is 8.71. The van der Waals surface area contributed by atoms with Crippen molar-refractivity contribution < 1.29 is 29.3 Å². The van der Waals surface area contributed by atoms with Gasteiger partial charge in [0.1, 0.15) is 6.61 Å². The van der Waals surface area contributed by atoms with Crippen molar-refractivity contribution in [1.82, 2.24) is 25.3 Å². The van der Waals surface area contributed by atoms with E-state index in [1.165, 1.54) is 30.7 Å². The molecule has 0 bridgehead atoms. The number of amides is 2. The van der Waals surface area contributed by atoms with E-state index in [0.717, 1.165) is 21.5 Å². The van der Waals surface area contributed by atoms with Crippen LogP contribution in [-0.4, -0.2) is 61.3 Å². The molecule has 2 amide bonds. The molecule has 1 unspecified atom stereocenters. The molecule has 0 spiro atoms. The highest BCUT2D eigenvalue weighted by Gasteiger charge is 2.29. The van der Waals surface area contributed by atoms with Gasteiger partial charge in [-0.15, -0.1) is 0 Å². The molecule has 202 valence electrons. The summed E-state index contributed by atoms with van der Waals surface area (Å²) in [6.45, 7) is 3.28. The van der Waals surface area contributed by atoms with E-state index in [9.17, 15) is 19.5 Å². The van der Waals surface area contributed by atoms with Gasteiger partial charge in [-0.3, -0.25) is 19.9 Å². The zero-order chi connectivity index (χ0) is 28.0. The van der Waals surface area contributed by atoms with Gasteiger partial charge in [0.25, 0.3) is 0 Å². The van der Waals surface area contributed by atoms with Crippen LogP contribution in [0.4, 0.5) is 9.93 Å². The molecule has 0 fully saturated rings. The zero-order valence-electron chi connectivity index (χ0n) is 21.2. The third-order valence-corrected chi connectivity index (χ3v) is 6.53. The lowest BCUT2D eigenvalue weighted by molar-refractivity contribution is -0.154. The van der Waals surface area contributed by atoms with Crippen molar-refractivity contribution in [2.24, 2.45) is 0 Å². The fourth-order valence-corrected chi connectivity index (χ4v) is 4.55. The Morgan fingerprint density at radius 3 is 2.51 bits per heavy atom. The van der Waals surface area contributed by atoms with Crippen LogP contribution in [0.1, 0.15) is 32.5 Å². The van der Waals surface area contributed by atoms with Crippen molar-refractivity contribution in [1.29, 1.82) is 0 Å². The number of aliphatic hydroxyl groups is 1. The SMILES string of the molecule is CCNC(=O)Nc1nc2cc(-c3cnc(C(C)(O)COC(=O)CCC(=O)O)nc3)cc(-c3ccccn3)c2s1. The van der Waals surface area contributed by atoms with E-state index >= 15 is 0 Å². The number of thiazole rings is 1. The number of esters is 1. The highest BCUT2D eigenvalue weighted by atomic mass is 32.1. The van der Waals surface area contributed by atoms with Gasteiger partial charge in [-0.1, -0.05) is 17.4 Å². The average Bonchev–Trinajstić information content (AvgIpc) is 3.33. The monoisotopic (exact) mass is 550 g/mol. The first-order chi connectivity index (χ1) is 18.7. The largest absolute Gasteiger partial charge is 0.481 e. The Morgan fingerprint density at radius 2 is 1.85 bits per heavy atom. The number of urea groups is 1. The lowest BCUT2D eigenvalue weighted by atomic mass is 10.0. The molecule has 0 aliphatic rings. The van der Waals surface area contributed by atoms with Gasteiger partial charge in [0.15, 0.2) is 16.6 Å². The summed E-state index contributed by atoms with van der Waals surface area (Å²) < 4.78 is 5.85. The highest BCUT2D eigenvalue weighted by molar-refractivity contribution is 7.22. The van der Waals surface area contributed by atoms with Gasteiger partial charge >= 0.3 is 18.0 Å². The normalized spacial score (nSPS) is 12.5. The Kier molecular flexibility index (Phi) is 8.42. The minimum atomic E-state index is -1.69. The molecule has 1 aromatic carbocycles. The highest BCUT2D eigenvalue weighted by Crippen LogP contribution is 2.38. The fraction of sp³-hybridized carbons (Fsp3) is 0.269. The molecular weight excluding hydrogens is 524 g/mol. The van der Waals surface area contributed by atoms with Gasteiger partial charge in [-0.05, 0) is 43.7 Å². The topological polar surface area (TPSA) is 177 Å². The number of rotatable bonds is 10. The maximum atomic E-state index is 12.0. The number of nitrogens with one attached hydrogen (secondary N) is 2. The third kappa shape index (κ3) is 6.89. The summed E-state index contributed by atoms with van der Waals surface area (Å²) in [4.78, 5) is 52.0. The Morgan fingerprint density at radius 1 is 1.08 bits per heavy atom. The van der Waals surface area contributed by atoms with Crippen LogP contribution in [0.25, 0.3) is 32.6 Å². The molecule has 0 aliphatic carbocycles. The number of benzene rings is 1. The van der Waals surface area contributed by atoms with Crippen molar-refractivity contribution >= 4 is 44.7 Å². The van der Waals surface area contributed by atoms with E-state index in [-0.39, 0.29) is 24.7 Å². The van der Waals surface area contributed by atoms with Crippen molar-refractivity contribution in [3.8, 4) is 22.4 Å². The van der Waals surface area contributed by atoms with Gasteiger partial charge in [-0.25, -0.2) is 19.7 Å². The molecule has 1 atom stereocenters. The predicted molar refractivity (Wildman–Crippen MR) is 144 cm³/mol. The average molecular weight is 551 g/mol. The lowest BCUT2D eigenvalue weighted by Crippen LogP contribution is -2.31. The number of carbonyl (C=O) groups is 3. The molecular formula is C26H26N6O6S. The number of aromatic nitrogens is 4. The summed E-state index contributed by atoms with van der Waals surface area (Å²) in [7, 11) is 0. The number of hydrogen-bond acceptors (Lipinski definition) is 10. The maximum Gasteiger partial charge on any atom is 0.321 e. The number of ether oxygens (including phenoxy) is 1. The van der Waals surface area contributed by atoms with E-state index in [4.69, 9.17) is 9.84 Å². The van der Waals surface area contributed by atoms with Gasteiger partial charge in [-0.2, -0.15) is 0 Å². The van der Waals surface area contributed by atoms with Crippen molar-refractivity contribution in [3.05, 3.63) is 54.7 Å². The number of carbonyl (C=O) groups excluding carboxylic acids is 2. The molecule has 4 rings (SSSR count). The molecule has 0 saturated heterocycles. The summed E-state index contributed by atoms with van der Waals surface area (Å²) in [5.41, 5.74) is 1.88. The quantitative estimate of drug-likeness (QED) is 0.213. The van der Waals surface area contributed by atoms with E-state index in [0.29, 0.717) is 22.8 Å². The van der Waals surface area contributed by atoms with Crippen LogP contribution in [0.15, 0.2) is 48.9 Å². The number of hydrogen-bond donors (Lipinski definition) is 4. The molecule has 4 N–H and O–H groups in total. The summed E-state index contributed by atoms with van der Waals surface area (Å²) in [6, 6.07) is 9.01. The summed E-state index contributed by atoms with van der Waals surface area (Å²) in [5.74, 6) is -1.83. The van der Waals surface area contributed by atoms with Crippen LogP contribution in [0.5, 0.6) is 0 Å². The van der Waals surface area contributed by atoms with E-state index in [2.05, 4.69) is 30.6 Å². The number of anilines is 1. The summed E-state index contributed by atoms with van der Waals surface area (Å²) >= 11 is 1.33. The van der Waals surface area contributed by atoms with Crippen molar-refractivity contribution in [2.45, 2.75) is 32.3 Å². The molecule has 12 nitrogen and oxygen atoms in total. The smallest absolute Gasteiger partial charge is 0.321 e. The molecule has 0 radical (unpaired) electrons. The van der Waals surface area contributed by atoms with E-state index in [1.54, 1.807) is 6.20 Å². The lowest BCUT2D eigenvalue weighted by Gasteiger charge is -2.21. The molecule has 39 heavy (non-hydrogen) atoms. The van der Waals surface area contributed by atoms with Crippen molar-refractivity contribution in [2.75, 3.05) is 18.5 Å². The molecule has 0 saturated carbocycles. The minimum absolute atomic E-state index is 0.0328. The van der Waals surface area contributed by atoms with Crippen LogP contribution < -0.4 is 10.6 Å². The standard InChI is InChI=1S/C26H26N6O6S/c1-3-27-24(36)32-25-31-19-11-15(10-17(22(19)39-25)18-6-4-5-9-28-18)16-12-29-23(30-13-16)26(2,37)14-38-21(35)8-7-20(33)34/h4-6,9-13,37H,3,7-8,14H2,1-2H3,(H,33,34)(H2,27,31,32,36). The number of carboxylic acids is 1. The van der Waals surface area contributed by atoms with Gasteiger partial charge in [0.2, 0.25) is 0 Å². The third-order valence-electron chi connectivity index (χ3n) is 5.51. The maximum absolute atomic E-state index is 12.0. The minimum Gasteiger partial charge on any atom is -0.481 e. The van der Waals surface area contributed by atoms with E-state index in [1.807, 2.05) is 37.3 Å². The number of fused-ring (bicyclic) bond motifs is 1. The Labute approximate surface area is 227 Å². The molecule has 3 heterocycles. The number of nitrogens with zero attached hydrogens (tertiary/aromatic N) is 4. The Balaban J connectivity index is 1.62. The van der Waals surface area contributed by atoms with Gasteiger partial charge in [0.05, 0.1) is 28.8 Å². The van der Waals surface area contributed by atoms with Crippen LogP contribution in [0, 0.1) is 0 Å². The van der Waals surface area contributed by atoms with Crippen LogP contribution in [-0.2, 0) is 19.9 Å². The zero-order valence-corrected chi connectivity index (χ0v) is 22.0. The Bertz CT molecular complexity index is 1490. The fourth-order valence-electron chi connectivity index (χ4n) is 3.59. The Hall–Kier alpha value is -4.49. The molecule has 13 heteroatoms. The summed E-state index contributed by atoms with van der Waals surface area (Å²) in [6.07, 6.45) is 4.10. The second kappa shape index (κ2) is 11.9.